The van der Waals surface area contributed by atoms with Crippen LogP contribution < -0.4 is 5.32 Å². The van der Waals surface area contributed by atoms with Gasteiger partial charge in [0.25, 0.3) is 0 Å². The van der Waals surface area contributed by atoms with Gasteiger partial charge in [0.2, 0.25) is 5.91 Å². The Labute approximate surface area is 104 Å². The van der Waals surface area contributed by atoms with Gasteiger partial charge in [-0.2, -0.15) is 5.26 Å². The number of nitriles is 1. The molecule has 2 rings (SSSR count). The van der Waals surface area contributed by atoms with Crippen molar-refractivity contribution < 1.29 is 4.79 Å². The minimum Gasteiger partial charge on any atom is -0.340 e. The van der Waals surface area contributed by atoms with Gasteiger partial charge in [0.15, 0.2) is 0 Å². The first-order valence-electron chi connectivity index (χ1n) is 6.92. The molecule has 0 radical (unpaired) electrons. The summed E-state index contributed by atoms with van der Waals surface area (Å²) in [6.45, 7) is 2.03. The zero-order valence-electron chi connectivity index (χ0n) is 10.6. The van der Waals surface area contributed by atoms with Crippen LogP contribution in [-0.2, 0) is 4.79 Å². The van der Waals surface area contributed by atoms with Crippen LogP contribution in [0.2, 0.25) is 0 Å². The lowest BCUT2D eigenvalue weighted by atomic mass is 9.86. The monoisotopic (exact) mass is 234 g/mol. The smallest absolute Gasteiger partial charge is 0.221 e. The van der Waals surface area contributed by atoms with E-state index in [0.717, 1.165) is 24.7 Å². The molecule has 3 heteroatoms. The normalized spacial score (nSPS) is 32.1. The van der Waals surface area contributed by atoms with Gasteiger partial charge < -0.3 is 5.32 Å². The predicted octanol–water partition coefficient (Wildman–Crippen LogP) is 2.62. The maximum Gasteiger partial charge on any atom is 0.221 e. The highest BCUT2D eigenvalue weighted by molar-refractivity contribution is 5.76. The molecule has 2 fully saturated rings. The van der Waals surface area contributed by atoms with Crippen LogP contribution in [0.15, 0.2) is 0 Å². The van der Waals surface area contributed by atoms with Gasteiger partial charge in [-0.15, -0.1) is 0 Å². The Morgan fingerprint density at radius 2 is 2.29 bits per heavy atom. The van der Waals surface area contributed by atoms with Crippen molar-refractivity contribution in [2.45, 2.75) is 57.9 Å². The van der Waals surface area contributed by atoms with Crippen LogP contribution in [0, 0.1) is 29.1 Å². The number of rotatable bonds is 5. The van der Waals surface area contributed by atoms with Gasteiger partial charge in [-0.25, -0.2) is 0 Å². The second-order valence-electron chi connectivity index (χ2n) is 5.68. The molecule has 17 heavy (non-hydrogen) atoms. The highest BCUT2D eigenvalue weighted by Crippen LogP contribution is 2.49. The SMILES string of the molecule is CCCC(C#N)NC(=O)CC1CC2CCC1C2. The van der Waals surface area contributed by atoms with E-state index in [1.165, 1.54) is 25.7 Å². The summed E-state index contributed by atoms with van der Waals surface area (Å²) >= 11 is 0. The molecule has 3 nitrogen and oxygen atoms in total. The Hall–Kier alpha value is -1.04. The zero-order chi connectivity index (χ0) is 12.3. The number of hydrogen-bond acceptors (Lipinski definition) is 2. The molecule has 2 saturated carbocycles. The van der Waals surface area contributed by atoms with Crippen molar-refractivity contribution in [1.29, 1.82) is 5.26 Å². The van der Waals surface area contributed by atoms with Gasteiger partial charge in [-0.05, 0) is 43.4 Å². The second kappa shape index (κ2) is 5.53. The number of carbonyl (C=O) groups excluding carboxylic acids is 1. The molecule has 0 saturated heterocycles. The highest BCUT2D eigenvalue weighted by Gasteiger charge is 2.40. The number of fused-ring (bicyclic) bond motifs is 2. The minimum absolute atomic E-state index is 0.0857. The third-order valence-electron chi connectivity index (χ3n) is 4.40. The minimum atomic E-state index is -0.286. The predicted molar refractivity (Wildman–Crippen MR) is 66.0 cm³/mol. The molecule has 4 unspecified atom stereocenters. The zero-order valence-corrected chi connectivity index (χ0v) is 10.6. The van der Waals surface area contributed by atoms with E-state index in [0.29, 0.717) is 12.3 Å². The van der Waals surface area contributed by atoms with Gasteiger partial charge in [-0.3, -0.25) is 4.79 Å². The van der Waals surface area contributed by atoms with Crippen molar-refractivity contribution in [3.8, 4) is 6.07 Å². The molecular weight excluding hydrogens is 212 g/mol. The number of amides is 1. The molecule has 0 aliphatic heterocycles. The van der Waals surface area contributed by atoms with Crippen molar-refractivity contribution in [2.75, 3.05) is 0 Å². The summed E-state index contributed by atoms with van der Waals surface area (Å²) in [6, 6.07) is 1.87. The summed E-state index contributed by atoms with van der Waals surface area (Å²) in [5.41, 5.74) is 0. The molecule has 0 aromatic carbocycles. The van der Waals surface area contributed by atoms with E-state index in [9.17, 15) is 4.79 Å². The number of nitrogens with zero attached hydrogens (tertiary/aromatic N) is 1. The van der Waals surface area contributed by atoms with Gasteiger partial charge >= 0.3 is 0 Å². The van der Waals surface area contributed by atoms with Gasteiger partial charge in [-0.1, -0.05) is 19.8 Å². The molecular formula is C14H22N2O. The fraction of sp³-hybridized carbons (Fsp3) is 0.857. The van der Waals surface area contributed by atoms with Crippen LogP contribution in [0.5, 0.6) is 0 Å². The van der Waals surface area contributed by atoms with Gasteiger partial charge in [0, 0.05) is 6.42 Å². The number of hydrogen-bond donors (Lipinski definition) is 1. The first-order chi connectivity index (χ1) is 8.22. The van der Waals surface area contributed by atoms with Crippen molar-refractivity contribution >= 4 is 5.91 Å². The average Bonchev–Trinajstić information content (AvgIpc) is 2.90. The van der Waals surface area contributed by atoms with E-state index in [4.69, 9.17) is 5.26 Å². The summed E-state index contributed by atoms with van der Waals surface area (Å²) in [6.07, 6.45) is 7.62. The molecule has 0 spiro atoms. The summed E-state index contributed by atoms with van der Waals surface area (Å²) in [5.74, 6) is 2.36. The lowest BCUT2D eigenvalue weighted by Crippen LogP contribution is -2.35. The lowest BCUT2D eigenvalue weighted by molar-refractivity contribution is -0.122. The number of carbonyl (C=O) groups is 1. The first kappa shape index (κ1) is 12.4. The third-order valence-corrected chi connectivity index (χ3v) is 4.40. The molecule has 2 bridgehead atoms. The largest absolute Gasteiger partial charge is 0.340 e. The molecule has 1 N–H and O–H groups in total. The van der Waals surface area contributed by atoms with E-state index in [-0.39, 0.29) is 11.9 Å². The Kier molecular flexibility index (Phi) is 4.04. The Morgan fingerprint density at radius 3 is 2.82 bits per heavy atom. The topological polar surface area (TPSA) is 52.9 Å². The van der Waals surface area contributed by atoms with E-state index in [2.05, 4.69) is 11.4 Å². The first-order valence-corrected chi connectivity index (χ1v) is 6.92. The molecule has 0 aromatic heterocycles. The molecule has 1 amide bonds. The molecule has 2 aliphatic carbocycles. The van der Waals surface area contributed by atoms with E-state index in [1.54, 1.807) is 0 Å². The van der Waals surface area contributed by atoms with E-state index < -0.39 is 0 Å². The number of nitrogens with one attached hydrogen (secondary N) is 1. The highest BCUT2D eigenvalue weighted by atomic mass is 16.1. The van der Waals surface area contributed by atoms with E-state index >= 15 is 0 Å². The van der Waals surface area contributed by atoms with Crippen LogP contribution in [-0.4, -0.2) is 11.9 Å². The Morgan fingerprint density at radius 1 is 1.47 bits per heavy atom. The van der Waals surface area contributed by atoms with Crippen LogP contribution in [0.25, 0.3) is 0 Å². The summed E-state index contributed by atoms with van der Waals surface area (Å²) in [5, 5.41) is 11.8. The standard InChI is InChI=1S/C14H22N2O/c1-2-3-13(9-15)16-14(17)8-12-7-10-4-5-11(12)6-10/h10-13H,2-8H2,1H3,(H,16,17). The second-order valence-corrected chi connectivity index (χ2v) is 5.68. The van der Waals surface area contributed by atoms with E-state index in [1.807, 2.05) is 6.92 Å². The Bertz CT molecular complexity index is 321. The molecule has 2 aliphatic rings. The van der Waals surface area contributed by atoms with Crippen molar-refractivity contribution in [3.63, 3.8) is 0 Å². The summed E-state index contributed by atoms with van der Waals surface area (Å²) in [7, 11) is 0. The van der Waals surface area contributed by atoms with Crippen molar-refractivity contribution in [1.82, 2.24) is 5.32 Å². The quantitative estimate of drug-likeness (QED) is 0.795. The molecule has 4 atom stereocenters. The fourth-order valence-corrected chi connectivity index (χ4v) is 3.58. The average molecular weight is 234 g/mol. The van der Waals surface area contributed by atoms with Gasteiger partial charge in [0.1, 0.15) is 6.04 Å². The van der Waals surface area contributed by atoms with Crippen LogP contribution in [0.3, 0.4) is 0 Å². The summed E-state index contributed by atoms with van der Waals surface area (Å²) in [4.78, 5) is 11.9. The maximum absolute atomic E-state index is 11.9. The fourth-order valence-electron chi connectivity index (χ4n) is 3.58. The third kappa shape index (κ3) is 3.00. The maximum atomic E-state index is 11.9. The van der Waals surface area contributed by atoms with Gasteiger partial charge in [0.05, 0.1) is 6.07 Å². The molecule has 0 aromatic rings. The Balaban J connectivity index is 1.76. The summed E-state index contributed by atoms with van der Waals surface area (Å²) < 4.78 is 0. The van der Waals surface area contributed by atoms with Crippen molar-refractivity contribution in [3.05, 3.63) is 0 Å². The molecule has 94 valence electrons. The van der Waals surface area contributed by atoms with Crippen LogP contribution >= 0.6 is 0 Å². The van der Waals surface area contributed by atoms with Crippen LogP contribution in [0.1, 0.15) is 51.9 Å². The van der Waals surface area contributed by atoms with Crippen LogP contribution in [0.4, 0.5) is 0 Å². The van der Waals surface area contributed by atoms with Crippen molar-refractivity contribution in [2.24, 2.45) is 17.8 Å². The lowest BCUT2D eigenvalue weighted by Gasteiger charge is -2.21. The molecule has 0 heterocycles.